The fourth-order valence-electron chi connectivity index (χ4n) is 4.03. The first-order valence-electron chi connectivity index (χ1n) is 12.5. The number of carbonyl (C=O) groups is 2. The fourth-order valence-corrected chi connectivity index (χ4v) is 5.97. The molecule has 0 aliphatic heterocycles. The molecule has 2 amide bonds. The number of hydrogen-bond donors (Lipinski definition) is 1. The summed E-state index contributed by atoms with van der Waals surface area (Å²) in [5, 5.41) is 2.85. The fraction of sp³-hybridized carbons (Fsp3) is 0.310. The lowest BCUT2D eigenvalue weighted by Crippen LogP contribution is -2.51. The monoisotopic (exact) mass is 599 g/mol. The van der Waals surface area contributed by atoms with Crippen LogP contribution >= 0.6 is 15.9 Å². The van der Waals surface area contributed by atoms with Crippen LogP contribution in [-0.2, 0) is 26.2 Å². The van der Waals surface area contributed by atoms with Crippen LogP contribution in [0.2, 0.25) is 0 Å². The van der Waals surface area contributed by atoms with Gasteiger partial charge in [-0.25, -0.2) is 8.42 Å². The first-order valence-corrected chi connectivity index (χ1v) is 14.7. The van der Waals surface area contributed by atoms with Crippen molar-refractivity contribution in [3.05, 3.63) is 94.0 Å². The molecule has 0 saturated carbocycles. The van der Waals surface area contributed by atoms with Crippen LogP contribution in [0, 0.1) is 13.8 Å². The maximum absolute atomic E-state index is 13.9. The number of halogens is 1. The zero-order chi connectivity index (χ0) is 27.9. The molecule has 0 aromatic heterocycles. The Balaban J connectivity index is 2.05. The van der Waals surface area contributed by atoms with E-state index in [1.807, 2.05) is 57.2 Å². The topological polar surface area (TPSA) is 86.8 Å². The van der Waals surface area contributed by atoms with Crippen molar-refractivity contribution in [1.29, 1.82) is 0 Å². The van der Waals surface area contributed by atoms with Crippen LogP contribution < -0.4 is 9.62 Å². The molecule has 3 aromatic carbocycles. The van der Waals surface area contributed by atoms with Crippen molar-refractivity contribution >= 4 is 43.5 Å². The highest BCUT2D eigenvalue weighted by Gasteiger charge is 2.33. The van der Waals surface area contributed by atoms with Gasteiger partial charge in [0.1, 0.15) is 12.6 Å². The van der Waals surface area contributed by atoms with Crippen LogP contribution in [0.15, 0.2) is 82.2 Å². The Bertz CT molecular complexity index is 1380. The molecule has 0 bridgehead atoms. The molecule has 3 aromatic rings. The van der Waals surface area contributed by atoms with Gasteiger partial charge in [0, 0.05) is 17.6 Å². The number of nitrogens with zero attached hydrogens (tertiary/aromatic N) is 2. The predicted octanol–water partition coefficient (Wildman–Crippen LogP) is 5.20. The van der Waals surface area contributed by atoms with Crippen LogP contribution in [0.3, 0.4) is 0 Å². The van der Waals surface area contributed by atoms with E-state index in [2.05, 4.69) is 21.2 Å². The zero-order valence-corrected chi connectivity index (χ0v) is 24.6. The van der Waals surface area contributed by atoms with Crippen molar-refractivity contribution in [2.24, 2.45) is 0 Å². The molecule has 202 valence electrons. The van der Waals surface area contributed by atoms with E-state index in [0.29, 0.717) is 12.2 Å². The smallest absolute Gasteiger partial charge is 0.264 e. The number of amides is 2. The average Bonchev–Trinajstić information content (AvgIpc) is 2.90. The van der Waals surface area contributed by atoms with Crippen LogP contribution in [-0.4, -0.2) is 44.3 Å². The molecule has 9 heteroatoms. The highest BCUT2D eigenvalue weighted by Crippen LogP contribution is 2.28. The summed E-state index contributed by atoms with van der Waals surface area (Å²) in [5.74, 6) is -0.774. The Morgan fingerprint density at radius 3 is 2.34 bits per heavy atom. The average molecular weight is 601 g/mol. The van der Waals surface area contributed by atoms with Gasteiger partial charge in [-0.15, -0.1) is 0 Å². The van der Waals surface area contributed by atoms with Crippen molar-refractivity contribution in [3.63, 3.8) is 0 Å². The third-order valence-electron chi connectivity index (χ3n) is 6.20. The summed E-state index contributed by atoms with van der Waals surface area (Å²) in [7, 11) is -4.08. The van der Waals surface area contributed by atoms with E-state index in [1.54, 1.807) is 31.2 Å². The van der Waals surface area contributed by atoms with Crippen LogP contribution in [0.4, 0.5) is 5.69 Å². The second-order valence-electron chi connectivity index (χ2n) is 9.23. The SMILES string of the molecule is CCCNC(=O)[C@@H](C)N(Cc1cccc(Br)c1)C(=O)CN(c1cc(C)ccc1C)S(=O)(=O)c1ccccc1. The molecule has 0 aliphatic rings. The van der Waals surface area contributed by atoms with E-state index >= 15 is 0 Å². The molecule has 0 radical (unpaired) electrons. The first kappa shape index (κ1) is 29.4. The third-order valence-corrected chi connectivity index (χ3v) is 8.47. The van der Waals surface area contributed by atoms with Gasteiger partial charge in [0.15, 0.2) is 0 Å². The molecule has 7 nitrogen and oxygen atoms in total. The van der Waals surface area contributed by atoms with Gasteiger partial charge in [-0.05, 0) is 74.2 Å². The summed E-state index contributed by atoms with van der Waals surface area (Å²) in [6, 6.07) is 20.2. The molecule has 3 rings (SSSR count). The minimum Gasteiger partial charge on any atom is -0.354 e. The lowest BCUT2D eigenvalue weighted by atomic mass is 10.1. The zero-order valence-electron chi connectivity index (χ0n) is 22.1. The number of nitrogens with one attached hydrogen (secondary N) is 1. The molecule has 0 saturated heterocycles. The van der Waals surface area contributed by atoms with Gasteiger partial charge in [0.05, 0.1) is 10.6 Å². The minimum absolute atomic E-state index is 0.0842. The van der Waals surface area contributed by atoms with Gasteiger partial charge < -0.3 is 10.2 Å². The van der Waals surface area contributed by atoms with Gasteiger partial charge in [-0.3, -0.25) is 13.9 Å². The highest BCUT2D eigenvalue weighted by atomic mass is 79.9. The second kappa shape index (κ2) is 13.1. The first-order chi connectivity index (χ1) is 18.0. The van der Waals surface area contributed by atoms with Crippen LogP contribution in [0.5, 0.6) is 0 Å². The van der Waals surface area contributed by atoms with E-state index in [0.717, 1.165) is 31.9 Å². The van der Waals surface area contributed by atoms with E-state index < -0.39 is 28.5 Å². The number of hydrogen-bond acceptors (Lipinski definition) is 4. The van der Waals surface area contributed by atoms with E-state index in [1.165, 1.54) is 17.0 Å². The summed E-state index contributed by atoms with van der Waals surface area (Å²) in [4.78, 5) is 28.4. The number of anilines is 1. The Morgan fingerprint density at radius 2 is 1.68 bits per heavy atom. The highest BCUT2D eigenvalue weighted by molar-refractivity contribution is 9.10. The van der Waals surface area contributed by atoms with E-state index in [9.17, 15) is 18.0 Å². The number of sulfonamides is 1. The number of rotatable bonds is 11. The molecule has 0 spiro atoms. The van der Waals surface area contributed by atoms with Gasteiger partial charge >= 0.3 is 0 Å². The van der Waals surface area contributed by atoms with Gasteiger partial charge in [-0.2, -0.15) is 0 Å². The Hall–Kier alpha value is -3.17. The molecular weight excluding hydrogens is 566 g/mol. The van der Waals surface area contributed by atoms with Crippen LogP contribution in [0.25, 0.3) is 0 Å². The quantitative estimate of drug-likeness (QED) is 0.328. The minimum atomic E-state index is -4.08. The Kier molecular flexibility index (Phi) is 10.1. The molecule has 0 aliphatic carbocycles. The van der Waals surface area contributed by atoms with E-state index in [-0.39, 0.29) is 17.3 Å². The molecule has 1 N–H and O–H groups in total. The third kappa shape index (κ3) is 7.23. The lowest BCUT2D eigenvalue weighted by molar-refractivity contribution is -0.139. The standard InChI is InChI=1S/C29H34BrN3O4S/c1-5-16-31-29(35)23(4)32(19-24-10-9-11-25(30)18-24)28(34)20-33(27-17-21(2)14-15-22(27)3)38(36,37)26-12-7-6-8-13-26/h6-15,17-18,23H,5,16,19-20H2,1-4H3,(H,31,35)/t23-/m1/s1. The maximum Gasteiger partial charge on any atom is 0.264 e. The van der Waals surface area contributed by atoms with Crippen LogP contribution in [0.1, 0.15) is 37.0 Å². The summed E-state index contributed by atoms with van der Waals surface area (Å²) >= 11 is 3.46. The molecule has 38 heavy (non-hydrogen) atoms. The Labute approximate surface area is 234 Å². The van der Waals surface area contributed by atoms with Crippen molar-refractivity contribution in [2.75, 3.05) is 17.4 Å². The molecular formula is C29H34BrN3O4S. The molecule has 1 atom stereocenters. The van der Waals surface area contributed by atoms with Gasteiger partial charge in [0.25, 0.3) is 10.0 Å². The molecule has 0 unspecified atom stereocenters. The number of benzene rings is 3. The van der Waals surface area contributed by atoms with Crippen molar-refractivity contribution in [2.45, 2.75) is 51.6 Å². The number of aryl methyl sites for hydroxylation is 2. The number of carbonyl (C=O) groups excluding carboxylic acids is 2. The van der Waals surface area contributed by atoms with Gasteiger partial charge in [-0.1, -0.05) is 65.3 Å². The van der Waals surface area contributed by atoms with Crippen molar-refractivity contribution in [3.8, 4) is 0 Å². The predicted molar refractivity (Wildman–Crippen MR) is 154 cm³/mol. The van der Waals surface area contributed by atoms with Crippen molar-refractivity contribution < 1.29 is 18.0 Å². The summed E-state index contributed by atoms with van der Waals surface area (Å²) < 4.78 is 29.7. The van der Waals surface area contributed by atoms with E-state index in [4.69, 9.17) is 0 Å². The normalized spacial score (nSPS) is 12.0. The Morgan fingerprint density at radius 1 is 0.974 bits per heavy atom. The lowest BCUT2D eigenvalue weighted by Gasteiger charge is -2.32. The second-order valence-corrected chi connectivity index (χ2v) is 12.0. The summed E-state index contributed by atoms with van der Waals surface area (Å²) in [6.45, 7) is 7.47. The largest absolute Gasteiger partial charge is 0.354 e. The maximum atomic E-state index is 13.9. The van der Waals surface area contributed by atoms with Crippen molar-refractivity contribution in [1.82, 2.24) is 10.2 Å². The summed E-state index contributed by atoms with van der Waals surface area (Å²) in [6.07, 6.45) is 0.758. The molecule has 0 heterocycles. The van der Waals surface area contributed by atoms with Gasteiger partial charge in [0.2, 0.25) is 11.8 Å². The molecule has 0 fully saturated rings. The summed E-state index contributed by atoms with van der Waals surface area (Å²) in [5.41, 5.74) is 2.82.